The van der Waals surface area contributed by atoms with Crippen molar-refractivity contribution in [2.24, 2.45) is 0 Å². The summed E-state index contributed by atoms with van der Waals surface area (Å²) in [6, 6.07) is 0. The molecule has 2 saturated heterocycles. The molecule has 2 heterocycles. The molecule has 1 spiro atoms. The highest BCUT2D eigenvalue weighted by atomic mass is 15.3. The topological polar surface area (TPSA) is 27.3 Å². The second-order valence-electron chi connectivity index (χ2n) is 8.81. The Morgan fingerprint density at radius 2 is 1.55 bits per heavy atom. The molecule has 2 rings (SSSR count). The van der Waals surface area contributed by atoms with E-state index in [1.165, 1.54) is 32.1 Å². The molecular weight excluding hydrogens is 270 g/mol. The number of hydrogen-bond donors (Lipinski definition) is 2. The Bertz CT molecular complexity index is 395. The van der Waals surface area contributed by atoms with Gasteiger partial charge in [-0.2, -0.15) is 0 Å². The first-order valence-electron chi connectivity index (χ1n) is 10.4. The third-order valence-electron chi connectivity index (χ3n) is 4.89. The van der Waals surface area contributed by atoms with Crippen molar-refractivity contribution in [1.82, 2.24) is 15.5 Å². The minimum Gasteiger partial charge on any atom is -0.307 e. The summed E-state index contributed by atoms with van der Waals surface area (Å²) in [5, 5.41) is 7.21. The lowest BCUT2D eigenvalue weighted by Gasteiger charge is -2.51. The lowest BCUT2D eigenvalue weighted by Crippen LogP contribution is -2.67. The summed E-state index contributed by atoms with van der Waals surface area (Å²) in [6.07, 6.45) is 9.35. The zero-order valence-corrected chi connectivity index (χ0v) is 15.5. The highest BCUT2D eigenvalue weighted by Gasteiger charge is 2.49. The van der Waals surface area contributed by atoms with Crippen LogP contribution >= 0.6 is 0 Å². The SMILES string of the molecule is [2H]C1NC2(CC(C)(C)NC(C)(C)C2)C([2H])N1CCCCCCCC. The molecular formula is C19H39N3. The maximum absolute atomic E-state index is 8.88. The van der Waals surface area contributed by atoms with Crippen molar-refractivity contribution < 1.29 is 2.74 Å². The van der Waals surface area contributed by atoms with E-state index in [4.69, 9.17) is 2.74 Å². The Morgan fingerprint density at radius 1 is 0.955 bits per heavy atom. The van der Waals surface area contributed by atoms with Crippen LogP contribution in [-0.2, 0) is 0 Å². The summed E-state index contributed by atoms with van der Waals surface area (Å²) in [4.78, 5) is 2.07. The minimum atomic E-state index is -0.437. The summed E-state index contributed by atoms with van der Waals surface area (Å²) >= 11 is 0. The van der Waals surface area contributed by atoms with Crippen LogP contribution < -0.4 is 10.6 Å². The molecule has 3 heteroatoms. The normalized spacial score (nSPS) is 34.6. The largest absolute Gasteiger partial charge is 0.307 e. The van der Waals surface area contributed by atoms with Gasteiger partial charge in [0.1, 0.15) is 0 Å². The number of unbranched alkanes of at least 4 members (excludes halogenated alkanes) is 5. The average Bonchev–Trinajstić information content (AvgIpc) is 2.62. The predicted octanol–water partition coefficient (Wildman–Crippen LogP) is 3.89. The maximum atomic E-state index is 8.88. The van der Waals surface area contributed by atoms with Crippen LogP contribution in [0.4, 0.5) is 0 Å². The van der Waals surface area contributed by atoms with Gasteiger partial charge in [-0.1, -0.05) is 39.0 Å². The first kappa shape index (κ1) is 15.4. The Balaban J connectivity index is 1.95. The van der Waals surface area contributed by atoms with Crippen LogP contribution in [0, 0.1) is 0 Å². The van der Waals surface area contributed by atoms with Gasteiger partial charge < -0.3 is 5.32 Å². The molecule has 0 aromatic heterocycles. The molecule has 0 aliphatic carbocycles. The monoisotopic (exact) mass is 311 g/mol. The standard InChI is InChI=1S/C19H39N3/c1-6-7-8-9-10-11-12-22-15-19(20-16-22)13-17(2,3)21-18(4,5)14-19/h20-21H,6-16H2,1-5H3/i15D,16D. The number of hydrogen-bond acceptors (Lipinski definition) is 3. The predicted molar refractivity (Wildman–Crippen MR) is 96.2 cm³/mol. The zero-order chi connectivity index (χ0) is 18.0. The Labute approximate surface area is 141 Å². The fourth-order valence-corrected chi connectivity index (χ4v) is 4.64. The van der Waals surface area contributed by atoms with E-state index in [1.54, 1.807) is 0 Å². The van der Waals surface area contributed by atoms with Gasteiger partial charge in [-0.25, -0.2) is 0 Å². The molecule has 22 heavy (non-hydrogen) atoms. The first-order valence-corrected chi connectivity index (χ1v) is 9.28. The van der Waals surface area contributed by atoms with Crippen LogP contribution in [0.1, 0.15) is 88.7 Å². The minimum absolute atomic E-state index is 0.00999. The molecule has 0 aromatic carbocycles. The lowest BCUT2D eigenvalue weighted by molar-refractivity contribution is 0.0939. The van der Waals surface area contributed by atoms with Crippen molar-refractivity contribution >= 4 is 0 Å². The zero-order valence-electron chi connectivity index (χ0n) is 17.5. The van der Waals surface area contributed by atoms with Crippen molar-refractivity contribution in [2.45, 2.75) is 103 Å². The molecule has 2 fully saturated rings. The quantitative estimate of drug-likeness (QED) is 0.699. The van der Waals surface area contributed by atoms with Gasteiger partial charge in [0.15, 0.2) is 0 Å². The Kier molecular flexibility index (Phi) is 5.04. The molecule has 2 aliphatic heterocycles. The number of nitrogens with zero attached hydrogens (tertiary/aromatic N) is 1. The fraction of sp³-hybridized carbons (Fsp3) is 1.00. The molecule has 2 aliphatic rings. The van der Waals surface area contributed by atoms with Crippen molar-refractivity contribution in [3.05, 3.63) is 0 Å². The maximum Gasteiger partial charge on any atom is 0.0600 e. The van der Waals surface area contributed by atoms with E-state index < -0.39 is 6.64 Å². The van der Waals surface area contributed by atoms with Crippen LogP contribution in [0.3, 0.4) is 0 Å². The van der Waals surface area contributed by atoms with Crippen LogP contribution in [0.15, 0.2) is 0 Å². The highest BCUT2D eigenvalue weighted by molar-refractivity contribution is 5.11. The van der Waals surface area contributed by atoms with E-state index in [0.29, 0.717) is 0 Å². The molecule has 0 bridgehead atoms. The first-order chi connectivity index (χ1) is 11.1. The fourth-order valence-electron chi connectivity index (χ4n) is 4.64. The van der Waals surface area contributed by atoms with Gasteiger partial charge in [0.05, 0.1) is 1.37 Å². The van der Waals surface area contributed by atoms with E-state index in [9.17, 15) is 0 Å². The van der Waals surface area contributed by atoms with E-state index in [2.05, 4.69) is 50.2 Å². The van der Waals surface area contributed by atoms with Gasteiger partial charge >= 0.3 is 0 Å². The molecule has 130 valence electrons. The van der Waals surface area contributed by atoms with Crippen molar-refractivity contribution in [1.29, 1.82) is 0 Å². The van der Waals surface area contributed by atoms with Gasteiger partial charge in [-0.15, -0.1) is 0 Å². The molecule has 0 amide bonds. The summed E-state index contributed by atoms with van der Waals surface area (Å²) < 4.78 is 17.3. The van der Waals surface area contributed by atoms with E-state index in [0.717, 1.165) is 25.8 Å². The van der Waals surface area contributed by atoms with Gasteiger partial charge in [-0.3, -0.25) is 10.2 Å². The van der Waals surface area contributed by atoms with Gasteiger partial charge in [-0.05, 0) is 53.5 Å². The third kappa shape index (κ3) is 5.21. The number of nitrogens with one attached hydrogen (secondary N) is 2. The molecule has 3 nitrogen and oxygen atoms in total. The highest BCUT2D eigenvalue weighted by Crippen LogP contribution is 2.38. The molecule has 2 N–H and O–H groups in total. The second-order valence-corrected chi connectivity index (χ2v) is 8.81. The Morgan fingerprint density at radius 3 is 2.18 bits per heavy atom. The van der Waals surface area contributed by atoms with Gasteiger partial charge in [0.25, 0.3) is 0 Å². The molecule has 0 radical (unpaired) electrons. The van der Waals surface area contributed by atoms with Crippen LogP contribution in [0.25, 0.3) is 0 Å². The molecule has 0 saturated carbocycles. The third-order valence-corrected chi connectivity index (χ3v) is 4.89. The van der Waals surface area contributed by atoms with Crippen molar-refractivity contribution in [2.75, 3.05) is 19.7 Å². The summed E-state index contributed by atoms with van der Waals surface area (Å²) in [5.74, 6) is 0. The summed E-state index contributed by atoms with van der Waals surface area (Å²) in [5.41, 5.74) is -0.291. The van der Waals surface area contributed by atoms with Crippen molar-refractivity contribution in [3.8, 4) is 0 Å². The lowest BCUT2D eigenvalue weighted by atomic mass is 9.71. The molecule has 2 atom stereocenters. The molecule has 2 unspecified atom stereocenters. The van der Waals surface area contributed by atoms with Gasteiger partial charge in [0, 0.05) is 31.2 Å². The number of piperidine rings is 1. The second kappa shape index (κ2) is 7.19. The van der Waals surface area contributed by atoms with Crippen LogP contribution in [-0.4, -0.2) is 41.2 Å². The summed E-state index contributed by atoms with van der Waals surface area (Å²) in [7, 11) is 0. The van der Waals surface area contributed by atoms with E-state index >= 15 is 0 Å². The van der Waals surface area contributed by atoms with E-state index in [-0.39, 0.29) is 23.1 Å². The van der Waals surface area contributed by atoms with Gasteiger partial charge in [0.2, 0.25) is 0 Å². The van der Waals surface area contributed by atoms with Crippen molar-refractivity contribution in [3.63, 3.8) is 0 Å². The van der Waals surface area contributed by atoms with E-state index in [1.807, 2.05) is 0 Å². The Hall–Kier alpha value is -0.120. The van der Waals surface area contributed by atoms with Crippen LogP contribution in [0.5, 0.6) is 0 Å². The smallest absolute Gasteiger partial charge is 0.0600 e. The summed E-state index contributed by atoms with van der Waals surface area (Å²) in [6.45, 7) is 11.2. The average molecular weight is 312 g/mol. The van der Waals surface area contributed by atoms with Crippen LogP contribution in [0.2, 0.25) is 0 Å². The number of rotatable bonds is 7. The molecule has 0 aromatic rings.